The number of anilines is 4. The highest BCUT2D eigenvalue weighted by Crippen LogP contribution is 2.38. The van der Waals surface area contributed by atoms with Crippen LogP contribution in [0.5, 0.6) is 11.5 Å². The molecule has 0 bridgehead atoms. The van der Waals surface area contributed by atoms with E-state index in [0.29, 0.717) is 48.8 Å². The van der Waals surface area contributed by atoms with Crippen molar-refractivity contribution < 1.29 is 14.3 Å². The van der Waals surface area contributed by atoms with Gasteiger partial charge in [-0.3, -0.25) is 19.4 Å². The van der Waals surface area contributed by atoms with Crippen molar-refractivity contribution in [1.82, 2.24) is 19.8 Å². The number of para-hydroxylation sites is 1. The second-order valence-corrected chi connectivity index (χ2v) is 11.2. The predicted molar refractivity (Wildman–Crippen MR) is 163 cm³/mol. The molecule has 3 fully saturated rings. The van der Waals surface area contributed by atoms with Gasteiger partial charge in [-0.15, -0.1) is 0 Å². The Morgan fingerprint density at radius 3 is 2.33 bits per heavy atom. The Labute approximate surface area is 246 Å². The maximum absolute atomic E-state index is 13.0. The number of likely N-dealkylation sites (tertiary alicyclic amines) is 1. The summed E-state index contributed by atoms with van der Waals surface area (Å²) < 4.78 is 5.92. The van der Waals surface area contributed by atoms with E-state index in [1.165, 1.54) is 32.0 Å². The molecular formula is C32H37N7O3. The minimum absolute atomic E-state index is 0.0211. The first kappa shape index (κ1) is 27.7. The fourth-order valence-corrected chi connectivity index (χ4v) is 5.65. The molecule has 2 heterocycles. The molecule has 0 radical (unpaired) electrons. The number of rotatable bonds is 12. The molecule has 2 amide bonds. The SMILES string of the molecule is CN(c1ccc(Oc2ccccc2)cc1)c1c(N)ncnc1N(C=O)C1CCN(C(=O)/C=C/CN(C2CC2)C2CC2)C1. The summed E-state index contributed by atoms with van der Waals surface area (Å²) in [7, 11) is 1.86. The highest BCUT2D eigenvalue weighted by molar-refractivity contribution is 5.90. The maximum Gasteiger partial charge on any atom is 0.246 e. The van der Waals surface area contributed by atoms with Crippen molar-refractivity contribution in [3.63, 3.8) is 0 Å². The number of hydrogen-bond acceptors (Lipinski definition) is 8. The molecule has 2 saturated carbocycles. The molecule has 1 aliphatic heterocycles. The van der Waals surface area contributed by atoms with Gasteiger partial charge in [-0.2, -0.15) is 0 Å². The molecule has 1 saturated heterocycles. The van der Waals surface area contributed by atoms with Crippen LogP contribution in [-0.2, 0) is 9.59 Å². The molecule has 2 aliphatic carbocycles. The highest BCUT2D eigenvalue weighted by Gasteiger charge is 2.38. The van der Waals surface area contributed by atoms with E-state index in [9.17, 15) is 9.59 Å². The summed E-state index contributed by atoms with van der Waals surface area (Å²) in [6, 6.07) is 18.3. The van der Waals surface area contributed by atoms with Crippen molar-refractivity contribution in [1.29, 1.82) is 0 Å². The molecule has 2 aromatic carbocycles. The quantitative estimate of drug-likeness (QED) is 0.254. The van der Waals surface area contributed by atoms with Gasteiger partial charge in [0.25, 0.3) is 0 Å². The molecule has 2 N–H and O–H groups in total. The molecule has 218 valence electrons. The molecule has 3 aromatic rings. The Kier molecular flexibility index (Phi) is 8.05. The van der Waals surface area contributed by atoms with Crippen LogP contribution in [-0.4, -0.2) is 76.9 Å². The normalized spacial score (nSPS) is 18.4. The summed E-state index contributed by atoms with van der Waals surface area (Å²) in [6.07, 6.45) is 11.6. The average molecular weight is 568 g/mol. The van der Waals surface area contributed by atoms with E-state index in [0.717, 1.165) is 24.4 Å². The number of amides is 2. The smallest absolute Gasteiger partial charge is 0.246 e. The van der Waals surface area contributed by atoms with Gasteiger partial charge in [0.05, 0.1) is 6.04 Å². The van der Waals surface area contributed by atoms with Crippen LogP contribution in [0, 0.1) is 0 Å². The molecule has 42 heavy (non-hydrogen) atoms. The number of carbonyl (C=O) groups is 2. The molecule has 1 aromatic heterocycles. The molecule has 6 rings (SSSR count). The first-order valence-electron chi connectivity index (χ1n) is 14.6. The number of ether oxygens (including phenoxy) is 1. The van der Waals surface area contributed by atoms with Gasteiger partial charge in [0.2, 0.25) is 12.3 Å². The Hall–Kier alpha value is -4.44. The molecule has 1 unspecified atom stereocenters. The lowest BCUT2D eigenvalue weighted by atomic mass is 10.2. The number of hydrogen-bond donors (Lipinski definition) is 1. The lowest BCUT2D eigenvalue weighted by Crippen LogP contribution is -2.39. The van der Waals surface area contributed by atoms with Gasteiger partial charge >= 0.3 is 0 Å². The number of nitrogen functional groups attached to an aromatic ring is 1. The second-order valence-electron chi connectivity index (χ2n) is 11.2. The Morgan fingerprint density at radius 2 is 1.67 bits per heavy atom. The van der Waals surface area contributed by atoms with Crippen LogP contribution >= 0.6 is 0 Å². The summed E-state index contributed by atoms with van der Waals surface area (Å²) in [5, 5.41) is 0. The summed E-state index contributed by atoms with van der Waals surface area (Å²) in [5.41, 5.74) is 7.69. The van der Waals surface area contributed by atoms with Gasteiger partial charge in [-0.25, -0.2) is 9.97 Å². The summed E-state index contributed by atoms with van der Waals surface area (Å²) in [4.78, 5) is 41.9. The van der Waals surface area contributed by atoms with E-state index in [4.69, 9.17) is 10.5 Å². The highest BCUT2D eigenvalue weighted by atomic mass is 16.5. The van der Waals surface area contributed by atoms with Crippen LogP contribution in [0.2, 0.25) is 0 Å². The first-order valence-corrected chi connectivity index (χ1v) is 14.6. The van der Waals surface area contributed by atoms with E-state index in [1.807, 2.05) is 72.6 Å². The van der Waals surface area contributed by atoms with Crippen LogP contribution < -0.4 is 20.3 Å². The standard InChI is InChI=1S/C32H37N7O3/c1-36(23-13-15-28(16-14-23)42-27-6-3-2-4-7-27)30-31(33)34-21-35-32(30)39(22-40)26-17-19-37(20-26)29(41)8-5-18-38(24-9-10-24)25-11-12-25/h2-8,13-16,21-22,24-26H,9-12,17-20H2,1H3,(H2,33,34,35)/b8-5+. The van der Waals surface area contributed by atoms with Gasteiger partial charge in [-0.1, -0.05) is 24.3 Å². The van der Waals surface area contributed by atoms with Crippen molar-refractivity contribution >= 4 is 35.3 Å². The monoisotopic (exact) mass is 567 g/mol. The molecule has 3 aliphatic rings. The number of nitrogens with zero attached hydrogens (tertiary/aromatic N) is 6. The lowest BCUT2D eigenvalue weighted by Gasteiger charge is -2.29. The Balaban J connectivity index is 1.13. The fourth-order valence-electron chi connectivity index (χ4n) is 5.65. The number of aromatic nitrogens is 2. The van der Waals surface area contributed by atoms with Crippen LogP contribution in [0.3, 0.4) is 0 Å². The molecule has 10 nitrogen and oxygen atoms in total. The van der Waals surface area contributed by atoms with E-state index in [1.54, 1.807) is 15.9 Å². The fraction of sp³-hybridized carbons (Fsp3) is 0.375. The van der Waals surface area contributed by atoms with Gasteiger partial charge in [0.1, 0.15) is 23.5 Å². The minimum atomic E-state index is -0.225. The zero-order chi connectivity index (χ0) is 29.1. The van der Waals surface area contributed by atoms with E-state index in [-0.39, 0.29) is 17.8 Å². The van der Waals surface area contributed by atoms with Crippen LogP contribution in [0.1, 0.15) is 32.1 Å². The summed E-state index contributed by atoms with van der Waals surface area (Å²) >= 11 is 0. The van der Waals surface area contributed by atoms with E-state index >= 15 is 0 Å². The van der Waals surface area contributed by atoms with Crippen LogP contribution in [0.15, 0.2) is 73.1 Å². The molecular weight excluding hydrogens is 530 g/mol. The van der Waals surface area contributed by atoms with Crippen LogP contribution in [0.4, 0.5) is 23.0 Å². The topological polar surface area (TPSA) is 108 Å². The zero-order valence-electron chi connectivity index (χ0n) is 23.9. The number of carbonyl (C=O) groups excluding carboxylic acids is 2. The van der Waals surface area contributed by atoms with E-state index in [2.05, 4.69) is 14.9 Å². The van der Waals surface area contributed by atoms with Crippen molar-refractivity contribution in [2.75, 3.05) is 42.2 Å². The van der Waals surface area contributed by atoms with Gasteiger partial charge in [-0.05, 0) is 68.5 Å². The van der Waals surface area contributed by atoms with E-state index < -0.39 is 0 Å². The predicted octanol–water partition coefficient (Wildman–Crippen LogP) is 4.37. The van der Waals surface area contributed by atoms with Crippen molar-refractivity contribution in [3.05, 3.63) is 73.1 Å². The van der Waals surface area contributed by atoms with Crippen molar-refractivity contribution in [2.24, 2.45) is 0 Å². The third-order valence-corrected chi connectivity index (χ3v) is 8.20. The first-order chi connectivity index (χ1) is 20.5. The maximum atomic E-state index is 13.0. The summed E-state index contributed by atoms with van der Waals surface area (Å²) in [6.45, 7) is 1.82. The van der Waals surface area contributed by atoms with Gasteiger partial charge in [0, 0.05) is 50.5 Å². The Bertz CT molecular complexity index is 1410. The Morgan fingerprint density at radius 1 is 0.976 bits per heavy atom. The van der Waals surface area contributed by atoms with Crippen molar-refractivity contribution in [3.8, 4) is 11.5 Å². The lowest BCUT2D eigenvalue weighted by molar-refractivity contribution is -0.125. The van der Waals surface area contributed by atoms with Crippen LogP contribution in [0.25, 0.3) is 0 Å². The third kappa shape index (κ3) is 6.23. The van der Waals surface area contributed by atoms with Gasteiger partial charge in [0.15, 0.2) is 11.6 Å². The summed E-state index contributed by atoms with van der Waals surface area (Å²) in [5.74, 6) is 2.09. The molecule has 10 heteroatoms. The average Bonchev–Trinajstić information content (AvgIpc) is 3.95. The van der Waals surface area contributed by atoms with Crippen molar-refractivity contribution in [2.45, 2.75) is 50.2 Å². The second kappa shape index (κ2) is 12.2. The third-order valence-electron chi connectivity index (χ3n) is 8.20. The minimum Gasteiger partial charge on any atom is -0.457 e. The number of nitrogens with two attached hydrogens (primary N) is 1. The molecule has 1 atom stereocenters. The molecule has 0 spiro atoms. The number of benzene rings is 2. The largest absolute Gasteiger partial charge is 0.457 e. The zero-order valence-corrected chi connectivity index (χ0v) is 23.9. The van der Waals surface area contributed by atoms with Gasteiger partial charge < -0.3 is 20.3 Å².